The van der Waals surface area contributed by atoms with E-state index in [0.29, 0.717) is 12.3 Å². The third-order valence-corrected chi connectivity index (χ3v) is 3.49. The van der Waals surface area contributed by atoms with Crippen LogP contribution in [0.4, 0.5) is 8.78 Å². The largest absolute Gasteiger partial charge is 0.489 e. The van der Waals surface area contributed by atoms with Crippen molar-refractivity contribution in [3.8, 4) is 5.75 Å². The highest BCUT2D eigenvalue weighted by Gasteiger charge is 2.12. The molecule has 0 atom stereocenters. The Morgan fingerprint density at radius 3 is 2.40 bits per heavy atom. The molecule has 0 bridgehead atoms. The molecule has 2 nitrogen and oxygen atoms in total. The van der Waals surface area contributed by atoms with Gasteiger partial charge in [0.25, 0.3) is 0 Å². The van der Waals surface area contributed by atoms with Crippen LogP contribution >= 0.6 is 15.9 Å². The van der Waals surface area contributed by atoms with E-state index in [0.717, 1.165) is 12.0 Å². The van der Waals surface area contributed by atoms with Crippen LogP contribution in [0.25, 0.3) is 0 Å². The van der Waals surface area contributed by atoms with Crippen LogP contribution in [0.3, 0.4) is 0 Å². The van der Waals surface area contributed by atoms with Gasteiger partial charge in [0.1, 0.15) is 24.0 Å². The molecule has 106 valence electrons. The first-order valence-corrected chi connectivity index (χ1v) is 6.95. The second-order valence-electron chi connectivity index (χ2n) is 4.29. The molecule has 0 aromatic heterocycles. The van der Waals surface area contributed by atoms with E-state index < -0.39 is 11.6 Å². The summed E-state index contributed by atoms with van der Waals surface area (Å²) in [7, 11) is 0. The highest BCUT2D eigenvalue weighted by Crippen LogP contribution is 2.23. The van der Waals surface area contributed by atoms with E-state index in [-0.39, 0.29) is 16.6 Å². The van der Waals surface area contributed by atoms with E-state index in [9.17, 15) is 8.78 Å². The molecular weight excluding hydrogens is 328 g/mol. The molecule has 2 rings (SSSR count). The van der Waals surface area contributed by atoms with Gasteiger partial charge in [-0.05, 0) is 58.7 Å². The average molecular weight is 342 g/mol. The molecule has 0 heterocycles. The minimum Gasteiger partial charge on any atom is -0.489 e. The normalized spacial score (nSPS) is 10.6. The van der Waals surface area contributed by atoms with Gasteiger partial charge in [0.05, 0.1) is 10.0 Å². The van der Waals surface area contributed by atoms with Crippen molar-refractivity contribution < 1.29 is 13.5 Å². The fourth-order valence-electron chi connectivity index (χ4n) is 1.78. The molecule has 0 saturated carbocycles. The zero-order valence-corrected chi connectivity index (χ0v) is 12.3. The molecule has 0 aliphatic rings. The van der Waals surface area contributed by atoms with Crippen molar-refractivity contribution in [3.05, 3.63) is 63.6 Å². The van der Waals surface area contributed by atoms with Crippen LogP contribution in [0.5, 0.6) is 5.75 Å². The first-order valence-electron chi connectivity index (χ1n) is 6.16. The molecule has 0 fully saturated rings. The maximum absolute atomic E-state index is 13.7. The fourth-order valence-corrected chi connectivity index (χ4v) is 2.15. The molecule has 0 amide bonds. The summed E-state index contributed by atoms with van der Waals surface area (Å²) in [6, 6.07) is 9.83. The van der Waals surface area contributed by atoms with Crippen LogP contribution in [0, 0.1) is 11.6 Å². The van der Waals surface area contributed by atoms with E-state index in [1.54, 1.807) is 12.1 Å². The van der Waals surface area contributed by atoms with E-state index >= 15 is 0 Å². The van der Waals surface area contributed by atoms with Gasteiger partial charge in [0.15, 0.2) is 0 Å². The Morgan fingerprint density at radius 1 is 1.05 bits per heavy atom. The second kappa shape index (κ2) is 6.81. The standard InChI is InChI=1S/C15H14BrF2NO/c16-13-5-6-14(17)12(15(13)18)9-20-11-3-1-10(2-4-11)7-8-19/h1-6H,7-9,19H2. The Bertz CT molecular complexity index is 587. The van der Waals surface area contributed by atoms with Crippen molar-refractivity contribution in [2.45, 2.75) is 13.0 Å². The zero-order valence-electron chi connectivity index (χ0n) is 10.7. The Kier molecular flexibility index (Phi) is 5.09. The molecule has 2 N–H and O–H groups in total. The van der Waals surface area contributed by atoms with Gasteiger partial charge >= 0.3 is 0 Å². The number of nitrogens with two attached hydrogens (primary N) is 1. The topological polar surface area (TPSA) is 35.2 Å². The smallest absolute Gasteiger partial charge is 0.146 e. The molecular formula is C15H14BrF2NO. The lowest BCUT2D eigenvalue weighted by Gasteiger charge is -2.09. The van der Waals surface area contributed by atoms with Gasteiger partial charge in [-0.3, -0.25) is 0 Å². The molecule has 2 aromatic rings. The number of halogens is 3. The van der Waals surface area contributed by atoms with Crippen LogP contribution < -0.4 is 10.5 Å². The van der Waals surface area contributed by atoms with E-state index in [2.05, 4.69) is 15.9 Å². The van der Waals surface area contributed by atoms with E-state index in [1.807, 2.05) is 12.1 Å². The molecule has 0 aliphatic heterocycles. The predicted octanol–water partition coefficient (Wildman–Crippen LogP) is 3.81. The van der Waals surface area contributed by atoms with Crippen molar-refractivity contribution in [2.75, 3.05) is 6.54 Å². The van der Waals surface area contributed by atoms with Crippen molar-refractivity contribution >= 4 is 15.9 Å². The lowest BCUT2D eigenvalue weighted by Crippen LogP contribution is -2.04. The quantitative estimate of drug-likeness (QED) is 0.839. The van der Waals surface area contributed by atoms with Crippen molar-refractivity contribution in [1.29, 1.82) is 0 Å². The fraction of sp³-hybridized carbons (Fsp3) is 0.200. The Hall–Kier alpha value is -1.46. The second-order valence-corrected chi connectivity index (χ2v) is 5.15. The highest BCUT2D eigenvalue weighted by atomic mass is 79.9. The summed E-state index contributed by atoms with van der Waals surface area (Å²) in [6.07, 6.45) is 0.787. The molecule has 0 unspecified atom stereocenters. The maximum atomic E-state index is 13.7. The summed E-state index contributed by atoms with van der Waals surface area (Å²) >= 11 is 3.02. The van der Waals surface area contributed by atoms with Crippen LogP contribution in [-0.2, 0) is 13.0 Å². The van der Waals surface area contributed by atoms with E-state index in [1.165, 1.54) is 12.1 Å². The average Bonchev–Trinajstić information content (AvgIpc) is 2.45. The van der Waals surface area contributed by atoms with Crippen molar-refractivity contribution in [2.24, 2.45) is 5.73 Å². The lowest BCUT2D eigenvalue weighted by molar-refractivity contribution is 0.292. The summed E-state index contributed by atoms with van der Waals surface area (Å²) in [4.78, 5) is 0. The lowest BCUT2D eigenvalue weighted by atomic mass is 10.1. The van der Waals surface area contributed by atoms with Gasteiger partial charge in [-0.15, -0.1) is 0 Å². The third kappa shape index (κ3) is 3.55. The molecule has 5 heteroatoms. The van der Waals surface area contributed by atoms with Crippen LogP contribution in [0.2, 0.25) is 0 Å². The van der Waals surface area contributed by atoms with Crippen molar-refractivity contribution in [3.63, 3.8) is 0 Å². The monoisotopic (exact) mass is 341 g/mol. The summed E-state index contributed by atoms with van der Waals surface area (Å²) in [5.74, 6) is -0.695. The van der Waals surface area contributed by atoms with Crippen LogP contribution in [0.15, 0.2) is 40.9 Å². The number of hydrogen-bond donors (Lipinski definition) is 1. The molecule has 2 aromatic carbocycles. The molecule has 0 spiro atoms. The van der Waals surface area contributed by atoms with Gasteiger partial charge in [-0.2, -0.15) is 0 Å². The highest BCUT2D eigenvalue weighted by molar-refractivity contribution is 9.10. The van der Waals surface area contributed by atoms with E-state index in [4.69, 9.17) is 10.5 Å². The minimum absolute atomic E-state index is 0.0922. The number of ether oxygens (including phenoxy) is 1. The van der Waals surface area contributed by atoms with Crippen LogP contribution in [-0.4, -0.2) is 6.54 Å². The van der Waals surface area contributed by atoms with Gasteiger partial charge in [-0.25, -0.2) is 8.78 Å². The van der Waals surface area contributed by atoms with Gasteiger partial charge in [0, 0.05) is 0 Å². The Labute approximate surface area is 124 Å². The van der Waals surface area contributed by atoms with Gasteiger partial charge in [-0.1, -0.05) is 12.1 Å². The summed E-state index contributed by atoms with van der Waals surface area (Å²) in [5, 5.41) is 0. The first-order chi connectivity index (χ1) is 9.61. The number of rotatable bonds is 5. The molecule has 0 saturated heterocycles. The molecule has 20 heavy (non-hydrogen) atoms. The Balaban J connectivity index is 2.07. The predicted molar refractivity (Wildman–Crippen MR) is 77.6 cm³/mol. The summed E-state index contributed by atoms with van der Waals surface area (Å²) in [6.45, 7) is 0.419. The van der Waals surface area contributed by atoms with Gasteiger partial charge < -0.3 is 10.5 Å². The maximum Gasteiger partial charge on any atom is 0.146 e. The zero-order chi connectivity index (χ0) is 14.5. The third-order valence-electron chi connectivity index (χ3n) is 2.88. The van der Waals surface area contributed by atoms with Crippen molar-refractivity contribution in [1.82, 2.24) is 0 Å². The SMILES string of the molecule is NCCc1ccc(OCc2c(F)ccc(Br)c2F)cc1. The van der Waals surface area contributed by atoms with Gasteiger partial charge in [0.2, 0.25) is 0 Å². The summed E-state index contributed by atoms with van der Waals surface area (Å²) in [5.41, 5.74) is 6.47. The van der Waals surface area contributed by atoms with Crippen LogP contribution in [0.1, 0.15) is 11.1 Å². The number of hydrogen-bond acceptors (Lipinski definition) is 2. The number of benzene rings is 2. The molecule has 0 aliphatic carbocycles. The first kappa shape index (κ1) is 14.9. The minimum atomic E-state index is -0.634. The Morgan fingerprint density at radius 2 is 1.75 bits per heavy atom. The summed E-state index contributed by atoms with van der Waals surface area (Å²) < 4.78 is 32.9. The molecule has 0 radical (unpaired) electrons.